The first kappa shape index (κ1) is 120. The number of ether oxygens (including phenoxy) is 2. The van der Waals surface area contributed by atoms with Gasteiger partial charge < -0.3 is 98.6 Å². The zero-order valence-electron chi connectivity index (χ0n) is 83.1. The smallest absolute Gasteiger partial charge is 0.323 e. The number of allylic oxidation sites excluding steroid dienone is 3. The minimum Gasteiger partial charge on any atom is -0.494 e. The number of nitrogens with zero attached hydrogens (tertiary/aromatic N) is 6. The van der Waals surface area contributed by atoms with E-state index in [1.807, 2.05) is 24.3 Å². The summed E-state index contributed by atoms with van der Waals surface area (Å²) in [6.07, 6.45) is 8.63. The average molecular weight is 2170 g/mol. The predicted octanol–water partition coefficient (Wildman–Crippen LogP) is -2.45. The molecule has 5 aromatic rings. The summed E-state index contributed by atoms with van der Waals surface area (Å²) in [5, 5.41) is 87.3. The number of benzene rings is 3. The van der Waals surface area contributed by atoms with Crippen LogP contribution in [0.15, 0.2) is 106 Å². The second kappa shape index (κ2) is 57.8. The van der Waals surface area contributed by atoms with Gasteiger partial charge in [0.1, 0.15) is 64.8 Å². The van der Waals surface area contributed by atoms with E-state index in [0.29, 0.717) is 32.1 Å². The first-order valence-electron chi connectivity index (χ1n) is 48.5. The molecule has 149 heavy (non-hydrogen) atoms. The summed E-state index contributed by atoms with van der Waals surface area (Å²) in [7, 11) is -19.4. The first-order valence-corrected chi connectivity index (χ1v) is 54.7. The Hall–Kier alpha value is -12.9. The Morgan fingerprint density at radius 2 is 0.893 bits per heavy atom. The molecule has 2 aromatic heterocycles. The Morgan fingerprint density at radius 1 is 0.463 bits per heavy atom. The number of anilines is 2. The van der Waals surface area contributed by atoms with Crippen LogP contribution in [0.2, 0.25) is 0 Å². The van der Waals surface area contributed by atoms with Gasteiger partial charge in [0.15, 0.2) is 6.29 Å². The van der Waals surface area contributed by atoms with Crippen molar-refractivity contribution in [2.24, 2.45) is 5.92 Å². The van der Waals surface area contributed by atoms with Gasteiger partial charge >= 0.3 is 23.9 Å². The van der Waals surface area contributed by atoms with Gasteiger partial charge in [-0.3, -0.25) is 91.0 Å². The maximum Gasteiger partial charge on any atom is 0.323 e. The van der Waals surface area contributed by atoms with Crippen LogP contribution in [0, 0.1) is 33.6 Å². The number of carbonyl (C=O) groups is 13. The van der Waals surface area contributed by atoms with Gasteiger partial charge in [-0.25, -0.2) is 26.8 Å². The standard InChI is InChI=1S/C95H133N19O31S4/c1-59-47-71(48-60(2)85(59)148(140,141)109-74(94(130)131)51-102-89(125)67-19-13-63(14-20-67)17-25-69-27-23-65-9-5-31-98-87(65)104-69)144-45-7-11-78(115)96-33-35-100-91(127)76(57-146(134,135)136)107-80(117)30-29-73(106-81(118)53-111-37-39-112(54-82(119)120)41-43-114(56-84(123)124)44-42-113(40-38-111)55-83(121)122)93(129)108-77(58-147(137,138)139)92(128)101-36-34-97-79(116)12-8-46-145-72-49-61(3)86(62(4)50-72)149(142,143)110-75(95(132)133)52-103-90(126)68-21-15-64(16-22-68)18-26-70-28-24-66-10-6-32-99-88(66)105-70/h13-16,19,21-24,27-28,47-50,67,73-77,84,109-110,123-124H,5-12,17-18,20,25-26,29-46,51-58H2,1-4H3,(H,96,115)(H,97,116)(H,98,104)(H,99,105)(H,100,127)(H,101,128)(H,102,125)(H,103,126)(H,106,118)(H,107,117)(H,108,129)(H,119,120)(H,121,122)(H,130,131)(H,132,133)(H,134,135,136)(H,137,138,139). The number of aliphatic hydroxyl groups excluding tert-OH is 1. The SMILES string of the molecule is Cc1cc(OCCCC(=O)NCCNC(=O)C(CS(=O)(=O)O)NC(=O)C(CCC(=O)NC(CS(=O)(=O)O)C(=O)NCCNC(=O)CCCOc2cc(C)c(S(=O)(=O)NC(CNC(=O)C3C=CC(CCc4ccc5c(n4)NCCC5)=CC3)C(=O)O)c(C)c2)NC(=O)CN2CCN(CC(=O)O)CCN(CC(O)O)CCN(CC(=O)O)CC2)cc(C)c1S(=O)(=O)NC(CNC(=O)c1ccc(CCc2ccc3c(n2)NCCC3)cc1)C(=O)O. The van der Waals surface area contributed by atoms with E-state index in [-0.39, 0.29) is 160 Å². The molecule has 0 spiro atoms. The second-order valence-electron chi connectivity index (χ2n) is 36.5. The summed E-state index contributed by atoms with van der Waals surface area (Å²) in [4.78, 5) is 186. The maximum atomic E-state index is 14.5. The zero-order chi connectivity index (χ0) is 109. The van der Waals surface area contributed by atoms with Crippen LogP contribution in [-0.2, 0) is 130 Å². The fourth-order valence-corrected chi connectivity index (χ4v) is 21.5. The van der Waals surface area contributed by atoms with E-state index >= 15 is 0 Å². The number of aromatic nitrogens is 2. The minimum absolute atomic E-state index is 0.0156. The lowest BCUT2D eigenvalue weighted by molar-refractivity contribution is -0.140. The molecule has 50 nitrogen and oxygen atoms in total. The lowest BCUT2D eigenvalue weighted by Gasteiger charge is -2.33. The molecule has 0 saturated carbocycles. The van der Waals surface area contributed by atoms with Crippen molar-refractivity contribution in [3.8, 4) is 11.5 Å². The van der Waals surface area contributed by atoms with Crippen molar-refractivity contribution >= 4 is 129 Å². The van der Waals surface area contributed by atoms with Crippen LogP contribution in [0.4, 0.5) is 11.6 Å². The summed E-state index contributed by atoms with van der Waals surface area (Å²) < 4.78 is 141. The van der Waals surface area contributed by atoms with E-state index in [2.05, 4.69) is 80.1 Å². The molecule has 3 aromatic carbocycles. The summed E-state index contributed by atoms with van der Waals surface area (Å²) in [5.74, 6) is -15.7. The van der Waals surface area contributed by atoms with Gasteiger partial charge in [-0.05, 0) is 192 Å². The third-order valence-electron chi connectivity index (χ3n) is 24.4. The highest BCUT2D eigenvalue weighted by Crippen LogP contribution is 2.31. The second-order valence-corrected chi connectivity index (χ2v) is 42.8. The average Bonchev–Trinajstić information content (AvgIpc) is 0.789. The molecule has 4 aliphatic rings. The molecular weight excluding hydrogens is 2030 g/mol. The van der Waals surface area contributed by atoms with E-state index in [4.69, 9.17) is 19.4 Å². The van der Waals surface area contributed by atoms with Gasteiger partial charge in [0.25, 0.3) is 26.1 Å². The van der Waals surface area contributed by atoms with Crippen molar-refractivity contribution in [2.75, 3.05) is 166 Å². The predicted molar refractivity (Wildman–Crippen MR) is 539 cm³/mol. The number of carbonyl (C=O) groups excluding carboxylic acids is 9. The van der Waals surface area contributed by atoms with E-state index in [0.717, 1.165) is 72.9 Å². The molecule has 9 rings (SSSR count). The van der Waals surface area contributed by atoms with Crippen LogP contribution >= 0.6 is 0 Å². The van der Waals surface area contributed by atoms with Gasteiger partial charge in [0.2, 0.25) is 67.3 Å². The Kier molecular flexibility index (Phi) is 46.4. The van der Waals surface area contributed by atoms with Crippen molar-refractivity contribution < 1.29 is 145 Å². The molecule has 54 heteroatoms. The van der Waals surface area contributed by atoms with Crippen LogP contribution in [-0.4, -0.2) is 372 Å². The van der Waals surface area contributed by atoms with Gasteiger partial charge in [-0.2, -0.15) is 26.3 Å². The highest BCUT2D eigenvalue weighted by atomic mass is 32.2. The van der Waals surface area contributed by atoms with E-state index in [9.17, 15) is 136 Å². The summed E-state index contributed by atoms with van der Waals surface area (Å²) >= 11 is 0. The number of aliphatic carboxylic acids is 4. The van der Waals surface area contributed by atoms with E-state index in [1.165, 1.54) is 77.8 Å². The lowest BCUT2D eigenvalue weighted by Crippen LogP contribution is -2.57. The fourth-order valence-electron chi connectivity index (χ4n) is 17.0. The number of amides is 9. The molecule has 3 aliphatic heterocycles. The zero-order valence-corrected chi connectivity index (χ0v) is 86.3. The van der Waals surface area contributed by atoms with Crippen molar-refractivity contribution in [1.29, 1.82) is 0 Å². The third kappa shape index (κ3) is 41.5. The number of hydrogen-bond acceptors (Lipinski definition) is 33. The van der Waals surface area contributed by atoms with Crippen LogP contribution in [0.3, 0.4) is 0 Å². The number of aliphatic hydroxyl groups is 2. The number of carboxylic acid groups (broad SMARTS) is 4. The number of aryl methyl sites for hydroxylation is 9. The number of nitrogens with one attached hydrogen (secondary N) is 13. The number of carboxylic acids is 4. The summed E-state index contributed by atoms with van der Waals surface area (Å²) in [6.45, 7) is 2.28. The van der Waals surface area contributed by atoms with Crippen molar-refractivity contribution in [2.45, 2.75) is 170 Å². The van der Waals surface area contributed by atoms with Gasteiger partial charge in [0, 0.05) is 147 Å². The molecule has 9 amide bonds. The molecule has 0 bridgehead atoms. The number of sulfonamides is 2. The third-order valence-corrected chi connectivity index (χ3v) is 29.5. The molecule has 818 valence electrons. The number of pyridine rings is 2. The maximum absolute atomic E-state index is 14.5. The highest BCUT2D eigenvalue weighted by molar-refractivity contribution is 7.90. The first-order chi connectivity index (χ1) is 70.5. The molecule has 6 unspecified atom stereocenters. The minimum atomic E-state index is -5.21. The normalized spacial score (nSPS) is 16.1. The Bertz CT molecular complexity index is 6060. The quantitative estimate of drug-likeness (QED) is 0.0109. The molecule has 6 atom stereocenters. The Labute approximate surface area is 862 Å². The largest absolute Gasteiger partial charge is 0.494 e. The number of hydrogen-bond donors (Lipinski definition) is 21. The van der Waals surface area contributed by atoms with Crippen LogP contribution in [0.1, 0.15) is 125 Å². The molecule has 5 heterocycles. The summed E-state index contributed by atoms with van der Waals surface area (Å²) in [6, 6.07) is 10.4. The fraction of sp³-hybridized carbons (Fsp3) is 0.526. The Balaban J connectivity index is 0.749. The van der Waals surface area contributed by atoms with Gasteiger partial charge in [-0.15, -0.1) is 0 Å². The lowest BCUT2D eigenvalue weighted by atomic mass is 9.93. The van der Waals surface area contributed by atoms with Gasteiger partial charge in [-0.1, -0.05) is 48.1 Å². The number of fused-ring (bicyclic) bond motifs is 2. The van der Waals surface area contributed by atoms with Gasteiger partial charge in [0.05, 0.1) is 48.6 Å². The highest BCUT2D eigenvalue weighted by Gasteiger charge is 2.37. The topological polar surface area (TPSA) is 734 Å². The van der Waals surface area contributed by atoms with Crippen LogP contribution in [0.25, 0.3) is 0 Å². The number of rotatable bonds is 57. The van der Waals surface area contributed by atoms with Crippen molar-refractivity contribution in [3.05, 3.63) is 152 Å². The van der Waals surface area contributed by atoms with E-state index in [1.54, 1.807) is 35.2 Å². The molecule has 1 saturated heterocycles. The van der Waals surface area contributed by atoms with Crippen molar-refractivity contribution in [3.63, 3.8) is 0 Å². The monoisotopic (exact) mass is 2160 g/mol. The van der Waals surface area contributed by atoms with Crippen LogP contribution in [0.5, 0.6) is 11.5 Å². The van der Waals surface area contributed by atoms with Crippen molar-refractivity contribution in [1.82, 2.24) is 86.9 Å². The summed E-state index contributed by atoms with van der Waals surface area (Å²) in [5.41, 5.74) is 6.94. The Morgan fingerprint density at radius 3 is 1.33 bits per heavy atom. The molecular formula is C95H133N19O31S4. The molecule has 0 radical (unpaired) electrons. The van der Waals surface area contributed by atoms with E-state index < -0.39 is 230 Å². The molecule has 1 fully saturated rings. The molecule has 21 N–H and O–H groups in total. The van der Waals surface area contributed by atoms with Crippen LogP contribution < -0.4 is 77.4 Å². The number of β-amino-alcohol motifs (C(OH)–C–C–N with tert-alkyl or cyclic N) is 2. The molecule has 1 aliphatic carbocycles.